The summed E-state index contributed by atoms with van der Waals surface area (Å²) in [6.45, 7) is 1.90. The molecule has 4 rings (SSSR count). The van der Waals surface area contributed by atoms with Gasteiger partial charge in [0.2, 0.25) is 35.7 Å². The zero-order valence-electron chi connectivity index (χ0n) is 34.4. The Kier molecular flexibility index (Phi) is 21.5. The Morgan fingerprint density at radius 1 is 0.438 bits per heavy atom. The number of aliphatic hydroxyl groups excluding tert-OH is 4. The third-order valence-electron chi connectivity index (χ3n) is 7.87. The third-order valence-corrected chi connectivity index (χ3v) is 9.69. The maximum Gasteiger partial charge on any atom is 0.295 e. The number of nitrogens with zero attached hydrogens (tertiary/aromatic N) is 6. The highest BCUT2D eigenvalue weighted by Crippen LogP contribution is 2.28. The van der Waals surface area contributed by atoms with Gasteiger partial charge in [0.05, 0.1) is 79.3 Å². The highest BCUT2D eigenvalue weighted by molar-refractivity contribution is 7.86. The number of hydrogen-bond acceptors (Lipinski definition) is 24. The van der Waals surface area contributed by atoms with E-state index in [1.54, 1.807) is 0 Å². The average Bonchev–Trinajstić information content (AvgIpc) is 3.25. The van der Waals surface area contributed by atoms with E-state index >= 15 is 0 Å². The summed E-state index contributed by atoms with van der Waals surface area (Å²) in [7, 11) is -9.78. The highest BCUT2D eigenvalue weighted by Gasteiger charge is 2.19. The summed E-state index contributed by atoms with van der Waals surface area (Å²) in [5, 5.41) is 53.3. The van der Waals surface area contributed by atoms with Crippen molar-refractivity contribution in [3.05, 3.63) is 47.5 Å². The van der Waals surface area contributed by atoms with Crippen molar-refractivity contribution in [1.82, 2.24) is 29.9 Å². The second-order valence-electron chi connectivity index (χ2n) is 12.7. The molecule has 28 heteroatoms. The number of hydrogen-bond donors (Lipinski definition) is 12. The van der Waals surface area contributed by atoms with E-state index in [1.807, 2.05) is 0 Å². The van der Waals surface area contributed by atoms with E-state index in [2.05, 4.69) is 61.8 Å². The van der Waals surface area contributed by atoms with Gasteiger partial charge in [0.25, 0.3) is 20.2 Å². The first-order valence-electron chi connectivity index (χ1n) is 19.5. The molecule has 0 aliphatic rings. The number of ether oxygens (including phenoxy) is 4. The van der Waals surface area contributed by atoms with Crippen molar-refractivity contribution >= 4 is 79.5 Å². The van der Waals surface area contributed by atoms with Crippen molar-refractivity contribution in [2.45, 2.75) is 9.79 Å². The van der Waals surface area contributed by atoms with Crippen LogP contribution < -0.4 is 31.9 Å². The van der Waals surface area contributed by atoms with Crippen LogP contribution in [0.2, 0.25) is 0 Å². The molecule has 0 amide bonds. The van der Waals surface area contributed by atoms with Gasteiger partial charge in [0.15, 0.2) is 0 Å². The van der Waals surface area contributed by atoms with E-state index in [0.29, 0.717) is 0 Å². The Balaban J connectivity index is 1.58. The molecule has 0 fully saturated rings. The van der Waals surface area contributed by atoms with Gasteiger partial charge in [-0.05, 0) is 35.4 Å². The predicted molar refractivity (Wildman–Crippen MR) is 233 cm³/mol. The van der Waals surface area contributed by atoms with Crippen molar-refractivity contribution in [2.75, 3.05) is 137 Å². The molecule has 2 heterocycles. The Hall–Kier alpha value is -5.50. The van der Waals surface area contributed by atoms with Crippen LogP contribution in [0.15, 0.2) is 46.2 Å². The second kappa shape index (κ2) is 27.0. The lowest BCUT2D eigenvalue weighted by atomic mass is 10.1. The first-order valence-corrected chi connectivity index (χ1v) is 22.4. The molecular weight excluding hydrogens is 889 g/mol. The van der Waals surface area contributed by atoms with Crippen LogP contribution in [-0.4, -0.2) is 182 Å². The first kappa shape index (κ1) is 51.1. The largest absolute Gasteiger partial charge is 0.394 e. The van der Waals surface area contributed by atoms with Gasteiger partial charge in [-0.3, -0.25) is 9.11 Å². The molecule has 0 aliphatic heterocycles. The molecule has 4 aromatic rings. The van der Waals surface area contributed by atoms with Gasteiger partial charge >= 0.3 is 0 Å². The zero-order chi connectivity index (χ0) is 46.2. The van der Waals surface area contributed by atoms with E-state index < -0.39 is 30.0 Å². The van der Waals surface area contributed by atoms with Crippen LogP contribution in [-0.2, 0) is 39.2 Å². The van der Waals surface area contributed by atoms with Gasteiger partial charge in [-0.25, -0.2) is 0 Å². The molecular formula is C36H52N12O14S2. The van der Waals surface area contributed by atoms with Gasteiger partial charge in [-0.1, -0.05) is 24.3 Å². The Morgan fingerprint density at radius 2 is 0.719 bits per heavy atom. The minimum atomic E-state index is -4.89. The molecule has 12 N–H and O–H groups in total. The lowest BCUT2D eigenvalue weighted by Crippen LogP contribution is -2.17. The van der Waals surface area contributed by atoms with Crippen LogP contribution in [0, 0.1) is 0 Å². The topological polar surface area (TPSA) is 376 Å². The molecule has 0 radical (unpaired) electrons. The number of rotatable bonds is 32. The molecule has 352 valence electrons. The van der Waals surface area contributed by atoms with Crippen LogP contribution in [0.5, 0.6) is 0 Å². The highest BCUT2D eigenvalue weighted by atomic mass is 32.2. The number of anilines is 8. The summed E-state index contributed by atoms with van der Waals surface area (Å²) < 4.78 is 92.0. The van der Waals surface area contributed by atoms with Crippen LogP contribution in [0.4, 0.5) is 47.1 Å². The van der Waals surface area contributed by atoms with Crippen molar-refractivity contribution < 1.29 is 65.3 Å². The lowest BCUT2D eigenvalue weighted by Gasteiger charge is -2.13. The molecule has 2 aromatic heterocycles. The summed E-state index contributed by atoms with van der Waals surface area (Å²) in [5.41, 5.74) is 0.132. The fraction of sp³-hybridized carbons (Fsp3) is 0.444. The smallest absolute Gasteiger partial charge is 0.295 e. The molecule has 2 aromatic carbocycles. The fourth-order valence-corrected chi connectivity index (χ4v) is 6.59. The lowest BCUT2D eigenvalue weighted by molar-refractivity contribution is 0.0990. The molecule has 0 aliphatic carbocycles. The summed E-state index contributed by atoms with van der Waals surface area (Å²) in [4.78, 5) is 24.7. The van der Waals surface area contributed by atoms with Crippen molar-refractivity contribution in [3.63, 3.8) is 0 Å². The minimum absolute atomic E-state index is 0.0338. The van der Waals surface area contributed by atoms with Crippen LogP contribution in [0.1, 0.15) is 11.1 Å². The number of aliphatic hydroxyl groups is 4. The first-order chi connectivity index (χ1) is 30.8. The molecule has 64 heavy (non-hydrogen) atoms. The van der Waals surface area contributed by atoms with E-state index in [-0.39, 0.29) is 164 Å². The maximum atomic E-state index is 12.6. The number of nitrogens with one attached hydrogen (secondary N) is 6. The summed E-state index contributed by atoms with van der Waals surface area (Å²) >= 11 is 0. The fourth-order valence-electron chi connectivity index (χ4n) is 5.17. The molecule has 0 atom stereocenters. The zero-order valence-corrected chi connectivity index (χ0v) is 36.0. The average molecular weight is 941 g/mol. The quantitative estimate of drug-likeness (QED) is 0.0173. The second-order valence-corrected chi connectivity index (χ2v) is 15.5. The molecule has 0 unspecified atom stereocenters. The molecule has 0 saturated heterocycles. The monoisotopic (exact) mass is 940 g/mol. The van der Waals surface area contributed by atoms with Gasteiger partial charge in [-0.15, -0.1) is 0 Å². The number of aromatic nitrogens is 6. The van der Waals surface area contributed by atoms with Crippen LogP contribution in [0.3, 0.4) is 0 Å². The minimum Gasteiger partial charge on any atom is -0.394 e. The van der Waals surface area contributed by atoms with E-state index in [1.165, 1.54) is 36.4 Å². The number of benzene rings is 2. The molecule has 0 bridgehead atoms. The van der Waals surface area contributed by atoms with Gasteiger partial charge < -0.3 is 71.3 Å². The van der Waals surface area contributed by atoms with Gasteiger partial charge in [0.1, 0.15) is 9.79 Å². The predicted octanol–water partition coefficient (Wildman–Crippen LogP) is -0.109. The SMILES string of the molecule is O=S(=O)(O)c1cc(Nc2nc(NCCOCCO)nc(NCCOCCO)n2)ccc1/C=C/c1ccc(Nc2nc(NCCOCCO)nc(NCCOCCO)n2)cc1S(=O)(=O)O. The Bertz CT molecular complexity index is 2090. The maximum absolute atomic E-state index is 12.6. The molecule has 0 spiro atoms. The summed E-state index contributed by atoms with van der Waals surface area (Å²) in [6, 6.07) is 7.77. The normalized spacial score (nSPS) is 11.8. The summed E-state index contributed by atoms with van der Waals surface area (Å²) in [5.74, 6) is 0.376. The van der Waals surface area contributed by atoms with Gasteiger partial charge in [0, 0.05) is 37.6 Å². The van der Waals surface area contributed by atoms with Gasteiger partial charge in [-0.2, -0.15) is 46.7 Å². The Labute approximate surface area is 368 Å². The third kappa shape index (κ3) is 18.3. The molecule has 0 saturated carbocycles. The van der Waals surface area contributed by atoms with E-state index in [4.69, 9.17) is 39.4 Å². The standard InChI is InChI=1S/C36H52N12O14S2/c49-11-19-59-15-7-37-31-43-32(38-8-16-60-20-12-50)46-35(45-31)41-27-5-3-25(29(23-27)63(53,54)55)1-2-26-4-6-28(24-30(26)64(56,57)58)42-36-47-33(39-9-17-61-21-13-51)44-34(48-36)40-10-18-62-22-14-52/h1-6,23-24,49-52H,7-22H2,(H,53,54,55)(H,56,57,58)(H3,37,38,41,43,45,46)(H3,39,40,42,44,47,48)/b2-1+. The van der Waals surface area contributed by atoms with Crippen molar-refractivity contribution in [3.8, 4) is 0 Å². The summed E-state index contributed by atoms with van der Waals surface area (Å²) in [6.07, 6.45) is 2.45. The van der Waals surface area contributed by atoms with Crippen molar-refractivity contribution in [1.29, 1.82) is 0 Å². The van der Waals surface area contributed by atoms with Crippen molar-refractivity contribution in [2.24, 2.45) is 0 Å². The Morgan fingerprint density at radius 3 is 0.984 bits per heavy atom. The van der Waals surface area contributed by atoms with E-state index in [0.717, 1.165) is 12.1 Å². The van der Waals surface area contributed by atoms with Crippen LogP contribution >= 0.6 is 0 Å². The van der Waals surface area contributed by atoms with E-state index in [9.17, 15) is 25.9 Å². The molecule has 26 nitrogen and oxygen atoms in total. The van der Waals surface area contributed by atoms with Crippen LogP contribution in [0.25, 0.3) is 12.2 Å².